The molecule has 5 heteroatoms. The highest BCUT2D eigenvalue weighted by Gasteiger charge is 2.27. The van der Waals surface area contributed by atoms with E-state index >= 15 is 0 Å². The van der Waals surface area contributed by atoms with Crippen molar-refractivity contribution < 1.29 is 9.47 Å². The van der Waals surface area contributed by atoms with Gasteiger partial charge in [0, 0.05) is 32.8 Å². The van der Waals surface area contributed by atoms with Gasteiger partial charge in [0.15, 0.2) is 0 Å². The first kappa shape index (κ1) is 15.8. The van der Waals surface area contributed by atoms with Gasteiger partial charge in [0.05, 0.1) is 18.8 Å². The third-order valence-electron chi connectivity index (χ3n) is 4.17. The molecule has 0 radical (unpaired) electrons. The SMILES string of the molecule is COc1ccc(CN2CCC(OC)CC2CN)cc1C#N. The summed E-state index contributed by atoms with van der Waals surface area (Å²) in [5.41, 5.74) is 7.58. The average Bonchev–Trinajstić information content (AvgIpc) is 2.55. The van der Waals surface area contributed by atoms with Crippen molar-refractivity contribution in [2.24, 2.45) is 5.73 Å². The van der Waals surface area contributed by atoms with Crippen molar-refractivity contribution in [3.8, 4) is 11.8 Å². The predicted molar refractivity (Wildman–Crippen MR) is 81.0 cm³/mol. The van der Waals surface area contributed by atoms with Crippen molar-refractivity contribution in [2.45, 2.75) is 31.5 Å². The second kappa shape index (κ2) is 7.41. The average molecular weight is 289 g/mol. The molecule has 1 fully saturated rings. The van der Waals surface area contributed by atoms with Crippen LogP contribution < -0.4 is 10.5 Å². The van der Waals surface area contributed by atoms with Gasteiger partial charge in [-0.1, -0.05) is 6.07 Å². The van der Waals surface area contributed by atoms with Crippen LogP contribution in [-0.4, -0.2) is 44.4 Å². The molecule has 2 N–H and O–H groups in total. The zero-order chi connectivity index (χ0) is 15.2. The van der Waals surface area contributed by atoms with Crippen LogP contribution in [0.25, 0.3) is 0 Å². The van der Waals surface area contributed by atoms with Gasteiger partial charge in [0.1, 0.15) is 11.8 Å². The van der Waals surface area contributed by atoms with Crippen LogP contribution in [-0.2, 0) is 11.3 Å². The summed E-state index contributed by atoms with van der Waals surface area (Å²) in [4.78, 5) is 2.37. The molecule has 2 unspecified atom stereocenters. The van der Waals surface area contributed by atoms with Gasteiger partial charge in [-0.25, -0.2) is 0 Å². The van der Waals surface area contributed by atoms with Gasteiger partial charge in [-0.3, -0.25) is 4.90 Å². The van der Waals surface area contributed by atoms with E-state index in [9.17, 15) is 0 Å². The molecule has 1 aliphatic rings. The van der Waals surface area contributed by atoms with E-state index in [0.717, 1.165) is 31.5 Å². The second-order valence-corrected chi connectivity index (χ2v) is 5.39. The lowest BCUT2D eigenvalue weighted by Gasteiger charge is -2.38. The minimum atomic E-state index is 0.306. The topological polar surface area (TPSA) is 71.5 Å². The zero-order valence-electron chi connectivity index (χ0n) is 12.7. The van der Waals surface area contributed by atoms with Gasteiger partial charge in [0.2, 0.25) is 0 Å². The lowest BCUT2D eigenvalue weighted by Crippen LogP contribution is -2.47. The molecule has 1 aliphatic heterocycles. The highest BCUT2D eigenvalue weighted by Crippen LogP contribution is 2.24. The molecule has 21 heavy (non-hydrogen) atoms. The minimum Gasteiger partial charge on any atom is -0.495 e. The van der Waals surface area contributed by atoms with Gasteiger partial charge in [-0.15, -0.1) is 0 Å². The maximum absolute atomic E-state index is 9.16. The standard InChI is InChI=1S/C16H23N3O2/c1-20-15-5-6-19(14(8-15)10-18)11-12-3-4-16(21-2)13(7-12)9-17/h3-4,7,14-15H,5-6,8,10-11,18H2,1-2H3. The van der Waals surface area contributed by atoms with Gasteiger partial charge >= 0.3 is 0 Å². The number of hydrogen-bond acceptors (Lipinski definition) is 5. The number of rotatable bonds is 5. The van der Waals surface area contributed by atoms with Crippen molar-refractivity contribution in [3.05, 3.63) is 29.3 Å². The number of nitrogens with two attached hydrogens (primary N) is 1. The summed E-state index contributed by atoms with van der Waals surface area (Å²) in [6.45, 7) is 2.40. The maximum Gasteiger partial charge on any atom is 0.136 e. The summed E-state index contributed by atoms with van der Waals surface area (Å²) in [5, 5.41) is 9.16. The van der Waals surface area contributed by atoms with Crippen molar-refractivity contribution in [1.82, 2.24) is 4.90 Å². The Hall–Kier alpha value is -1.61. The number of nitrogens with zero attached hydrogens (tertiary/aromatic N) is 2. The molecule has 1 aromatic rings. The Bertz CT molecular complexity index is 513. The lowest BCUT2D eigenvalue weighted by atomic mass is 9.98. The highest BCUT2D eigenvalue weighted by atomic mass is 16.5. The third kappa shape index (κ3) is 3.73. The number of nitriles is 1. The van der Waals surface area contributed by atoms with Gasteiger partial charge in [-0.05, 0) is 30.5 Å². The number of likely N-dealkylation sites (tertiary alicyclic amines) is 1. The summed E-state index contributed by atoms with van der Waals surface area (Å²) < 4.78 is 10.6. The van der Waals surface area contributed by atoms with E-state index in [1.54, 1.807) is 14.2 Å². The summed E-state index contributed by atoms with van der Waals surface area (Å²) in [6, 6.07) is 8.27. The molecule has 0 aromatic heterocycles. The Balaban J connectivity index is 2.09. The summed E-state index contributed by atoms with van der Waals surface area (Å²) in [7, 11) is 3.34. The molecule has 114 valence electrons. The van der Waals surface area contributed by atoms with E-state index in [2.05, 4.69) is 11.0 Å². The Morgan fingerprint density at radius 3 is 2.86 bits per heavy atom. The van der Waals surface area contributed by atoms with Gasteiger partial charge < -0.3 is 15.2 Å². The first-order valence-electron chi connectivity index (χ1n) is 7.25. The van der Waals surface area contributed by atoms with Crippen LogP contribution in [0, 0.1) is 11.3 Å². The molecule has 1 heterocycles. The van der Waals surface area contributed by atoms with Crippen LogP contribution in [0.3, 0.4) is 0 Å². The van der Waals surface area contributed by atoms with Crippen LogP contribution >= 0.6 is 0 Å². The summed E-state index contributed by atoms with van der Waals surface area (Å²) in [5.74, 6) is 0.620. The Morgan fingerprint density at radius 1 is 1.43 bits per heavy atom. The van der Waals surface area contributed by atoms with Crippen molar-refractivity contribution in [3.63, 3.8) is 0 Å². The molecule has 0 saturated carbocycles. The molecule has 0 spiro atoms. The smallest absolute Gasteiger partial charge is 0.136 e. The van der Waals surface area contributed by atoms with Crippen molar-refractivity contribution >= 4 is 0 Å². The van der Waals surface area contributed by atoms with Crippen LogP contribution in [0.4, 0.5) is 0 Å². The minimum absolute atomic E-state index is 0.306. The lowest BCUT2D eigenvalue weighted by molar-refractivity contribution is 0.0102. The zero-order valence-corrected chi connectivity index (χ0v) is 12.7. The van der Waals surface area contributed by atoms with E-state index in [1.807, 2.05) is 18.2 Å². The molecular weight excluding hydrogens is 266 g/mol. The highest BCUT2D eigenvalue weighted by molar-refractivity contribution is 5.45. The maximum atomic E-state index is 9.16. The van der Waals surface area contributed by atoms with Crippen LogP contribution in [0.1, 0.15) is 24.0 Å². The van der Waals surface area contributed by atoms with E-state index in [0.29, 0.717) is 30.0 Å². The van der Waals surface area contributed by atoms with E-state index < -0.39 is 0 Å². The number of methoxy groups -OCH3 is 2. The first-order chi connectivity index (χ1) is 10.2. The molecule has 0 bridgehead atoms. The molecule has 0 aliphatic carbocycles. The predicted octanol–water partition coefficient (Wildman–Crippen LogP) is 1.50. The fourth-order valence-corrected chi connectivity index (χ4v) is 2.91. The summed E-state index contributed by atoms with van der Waals surface area (Å²) >= 11 is 0. The molecular formula is C16H23N3O2. The number of ether oxygens (including phenoxy) is 2. The van der Waals surface area contributed by atoms with Crippen molar-refractivity contribution in [1.29, 1.82) is 5.26 Å². The molecule has 0 amide bonds. The number of benzene rings is 1. The molecule has 1 saturated heterocycles. The second-order valence-electron chi connectivity index (χ2n) is 5.39. The quantitative estimate of drug-likeness (QED) is 0.889. The molecule has 5 nitrogen and oxygen atoms in total. The van der Waals surface area contributed by atoms with E-state index in [4.69, 9.17) is 20.5 Å². The Morgan fingerprint density at radius 2 is 2.24 bits per heavy atom. The molecule has 1 aromatic carbocycles. The first-order valence-corrected chi connectivity index (χ1v) is 7.25. The van der Waals surface area contributed by atoms with Crippen LogP contribution in [0.5, 0.6) is 5.75 Å². The number of hydrogen-bond donors (Lipinski definition) is 1. The van der Waals surface area contributed by atoms with Crippen molar-refractivity contribution in [2.75, 3.05) is 27.3 Å². The number of piperidine rings is 1. The van der Waals surface area contributed by atoms with E-state index in [1.165, 1.54) is 0 Å². The van der Waals surface area contributed by atoms with Crippen LogP contribution in [0.2, 0.25) is 0 Å². The fourth-order valence-electron chi connectivity index (χ4n) is 2.91. The van der Waals surface area contributed by atoms with Gasteiger partial charge in [0.25, 0.3) is 0 Å². The van der Waals surface area contributed by atoms with Gasteiger partial charge in [-0.2, -0.15) is 5.26 Å². The summed E-state index contributed by atoms with van der Waals surface area (Å²) in [6.07, 6.45) is 2.29. The molecule has 2 atom stereocenters. The van der Waals surface area contributed by atoms with Crippen LogP contribution in [0.15, 0.2) is 18.2 Å². The normalized spacial score (nSPS) is 22.8. The molecule has 2 rings (SSSR count). The van der Waals surface area contributed by atoms with E-state index in [-0.39, 0.29) is 0 Å². The monoisotopic (exact) mass is 289 g/mol. The fraction of sp³-hybridized carbons (Fsp3) is 0.562. The Kier molecular flexibility index (Phi) is 5.57. The largest absolute Gasteiger partial charge is 0.495 e. The Labute approximate surface area is 126 Å². The third-order valence-corrected chi connectivity index (χ3v) is 4.17.